The number of sulfonamides is 1. The Morgan fingerprint density at radius 3 is 2.27 bits per heavy atom. The Labute approximate surface area is 176 Å². The maximum Gasteiger partial charge on any atom is 0.243 e. The van der Waals surface area contributed by atoms with E-state index in [1.165, 1.54) is 4.31 Å². The molecule has 1 aromatic heterocycles. The molecule has 30 heavy (non-hydrogen) atoms. The van der Waals surface area contributed by atoms with Gasteiger partial charge in [-0.3, -0.25) is 4.79 Å². The third-order valence-corrected chi connectivity index (χ3v) is 7.10. The number of hydrogen-bond donors (Lipinski definition) is 1. The van der Waals surface area contributed by atoms with Gasteiger partial charge in [-0.15, -0.1) is 0 Å². The third kappa shape index (κ3) is 4.60. The summed E-state index contributed by atoms with van der Waals surface area (Å²) in [6.45, 7) is 1.53. The van der Waals surface area contributed by atoms with Gasteiger partial charge in [0.1, 0.15) is 0 Å². The predicted molar refractivity (Wildman–Crippen MR) is 114 cm³/mol. The number of amides is 1. The van der Waals surface area contributed by atoms with Crippen LogP contribution in [0, 0.1) is 0 Å². The van der Waals surface area contributed by atoms with Crippen LogP contribution in [0.2, 0.25) is 0 Å². The highest BCUT2D eigenvalue weighted by Crippen LogP contribution is 2.21. The van der Waals surface area contributed by atoms with Crippen LogP contribution in [0.5, 0.6) is 0 Å². The van der Waals surface area contributed by atoms with Crippen molar-refractivity contribution >= 4 is 15.9 Å². The van der Waals surface area contributed by atoms with E-state index in [9.17, 15) is 13.2 Å². The van der Waals surface area contributed by atoms with E-state index in [1.807, 2.05) is 36.5 Å². The minimum atomic E-state index is -3.41. The first kappa shape index (κ1) is 20.3. The number of rotatable bonds is 7. The van der Waals surface area contributed by atoms with Gasteiger partial charge in [0.05, 0.1) is 17.0 Å². The summed E-state index contributed by atoms with van der Waals surface area (Å²) in [6.07, 6.45) is 5.69. The fourth-order valence-electron chi connectivity index (χ4n) is 3.49. The molecule has 1 amide bonds. The van der Waals surface area contributed by atoms with E-state index in [-0.39, 0.29) is 12.3 Å². The Morgan fingerprint density at radius 2 is 1.63 bits per heavy atom. The zero-order valence-corrected chi connectivity index (χ0v) is 17.4. The first-order valence-electron chi connectivity index (χ1n) is 9.97. The van der Waals surface area contributed by atoms with Crippen LogP contribution in [0.25, 0.3) is 5.69 Å². The normalized spacial score (nSPS) is 14.7. The van der Waals surface area contributed by atoms with Crippen LogP contribution in [0.3, 0.4) is 0 Å². The van der Waals surface area contributed by atoms with Gasteiger partial charge >= 0.3 is 0 Å². The standard InChI is InChI=1S/C22H24N4O3S/c27-22(16-18-4-8-20(9-5-18)26-15-3-12-24-26)23-17-19-6-10-21(11-7-19)30(28,29)25-13-1-2-14-25/h3-12,15H,1-2,13-14,16-17H2,(H,23,27). The van der Waals surface area contributed by atoms with Gasteiger partial charge in [-0.2, -0.15) is 9.40 Å². The van der Waals surface area contributed by atoms with E-state index in [1.54, 1.807) is 35.1 Å². The van der Waals surface area contributed by atoms with E-state index in [0.717, 1.165) is 29.7 Å². The van der Waals surface area contributed by atoms with Gasteiger partial charge in [0.15, 0.2) is 0 Å². The summed E-state index contributed by atoms with van der Waals surface area (Å²) in [5.74, 6) is -0.0874. The minimum absolute atomic E-state index is 0.0874. The maximum atomic E-state index is 12.6. The zero-order valence-electron chi connectivity index (χ0n) is 16.6. The van der Waals surface area contributed by atoms with Crippen LogP contribution in [-0.2, 0) is 27.8 Å². The van der Waals surface area contributed by atoms with Crippen LogP contribution in [-0.4, -0.2) is 41.5 Å². The van der Waals surface area contributed by atoms with Crippen molar-refractivity contribution in [2.24, 2.45) is 0 Å². The first-order valence-corrected chi connectivity index (χ1v) is 11.4. The van der Waals surface area contributed by atoms with Gasteiger partial charge < -0.3 is 5.32 Å². The minimum Gasteiger partial charge on any atom is -0.352 e. The number of carbonyl (C=O) groups is 1. The van der Waals surface area contributed by atoms with Gasteiger partial charge in [0.25, 0.3) is 0 Å². The molecular weight excluding hydrogens is 400 g/mol. The highest BCUT2D eigenvalue weighted by Gasteiger charge is 2.26. The van der Waals surface area contributed by atoms with Gasteiger partial charge in [-0.05, 0) is 54.3 Å². The van der Waals surface area contributed by atoms with Crippen molar-refractivity contribution < 1.29 is 13.2 Å². The van der Waals surface area contributed by atoms with Crippen molar-refractivity contribution in [2.45, 2.75) is 30.7 Å². The third-order valence-electron chi connectivity index (χ3n) is 5.19. The smallest absolute Gasteiger partial charge is 0.243 e. The molecule has 1 aliphatic rings. The van der Waals surface area contributed by atoms with E-state index >= 15 is 0 Å². The van der Waals surface area contributed by atoms with Crippen LogP contribution < -0.4 is 5.32 Å². The molecule has 0 bridgehead atoms. The second kappa shape index (κ2) is 8.81. The largest absolute Gasteiger partial charge is 0.352 e. The van der Waals surface area contributed by atoms with Gasteiger partial charge in [-0.25, -0.2) is 13.1 Å². The van der Waals surface area contributed by atoms with Crippen molar-refractivity contribution in [3.63, 3.8) is 0 Å². The Hall–Kier alpha value is -2.97. The number of aromatic nitrogens is 2. The molecule has 156 valence electrons. The van der Waals surface area contributed by atoms with Gasteiger partial charge in [0, 0.05) is 32.0 Å². The lowest BCUT2D eigenvalue weighted by Crippen LogP contribution is -2.28. The molecule has 0 spiro atoms. The molecule has 1 N–H and O–H groups in total. The molecule has 7 nitrogen and oxygen atoms in total. The molecule has 2 heterocycles. The van der Waals surface area contributed by atoms with Crippen molar-refractivity contribution in [3.8, 4) is 5.69 Å². The van der Waals surface area contributed by atoms with Crippen molar-refractivity contribution in [2.75, 3.05) is 13.1 Å². The molecule has 0 atom stereocenters. The number of hydrogen-bond acceptors (Lipinski definition) is 4. The zero-order chi connectivity index (χ0) is 21.0. The number of nitrogens with zero attached hydrogens (tertiary/aromatic N) is 3. The SMILES string of the molecule is O=C(Cc1ccc(-n2cccn2)cc1)NCc1ccc(S(=O)(=O)N2CCCC2)cc1. The van der Waals surface area contributed by atoms with E-state index in [0.29, 0.717) is 24.5 Å². The number of nitrogens with one attached hydrogen (secondary N) is 1. The van der Waals surface area contributed by atoms with Crippen molar-refractivity contribution in [1.82, 2.24) is 19.4 Å². The second-order valence-corrected chi connectivity index (χ2v) is 9.26. The lowest BCUT2D eigenvalue weighted by Gasteiger charge is -2.15. The molecule has 0 saturated carbocycles. The topological polar surface area (TPSA) is 84.3 Å². The van der Waals surface area contributed by atoms with Crippen LogP contribution in [0.4, 0.5) is 0 Å². The quantitative estimate of drug-likeness (QED) is 0.632. The van der Waals surface area contributed by atoms with Gasteiger partial charge in [0.2, 0.25) is 15.9 Å². The Kier molecular flexibility index (Phi) is 5.96. The van der Waals surface area contributed by atoms with E-state index < -0.39 is 10.0 Å². The van der Waals surface area contributed by atoms with Crippen molar-refractivity contribution in [3.05, 3.63) is 78.1 Å². The molecule has 4 rings (SSSR count). The molecule has 1 saturated heterocycles. The van der Waals surface area contributed by atoms with Crippen LogP contribution in [0.1, 0.15) is 24.0 Å². The Bertz CT molecular complexity index is 1090. The van der Waals surface area contributed by atoms with Crippen molar-refractivity contribution in [1.29, 1.82) is 0 Å². The lowest BCUT2D eigenvalue weighted by molar-refractivity contribution is -0.120. The summed E-state index contributed by atoms with van der Waals surface area (Å²) in [4.78, 5) is 12.6. The average Bonchev–Trinajstić information content (AvgIpc) is 3.48. The van der Waals surface area contributed by atoms with Crippen LogP contribution in [0.15, 0.2) is 71.9 Å². The predicted octanol–water partition coefficient (Wildman–Crippen LogP) is 2.52. The number of benzene rings is 2. The molecule has 8 heteroatoms. The van der Waals surface area contributed by atoms with E-state index in [4.69, 9.17) is 0 Å². The summed E-state index contributed by atoms with van der Waals surface area (Å²) < 4.78 is 28.4. The summed E-state index contributed by atoms with van der Waals surface area (Å²) in [5, 5.41) is 7.07. The number of carbonyl (C=O) groups excluding carboxylic acids is 1. The molecule has 1 aliphatic heterocycles. The monoisotopic (exact) mass is 424 g/mol. The molecule has 0 aliphatic carbocycles. The van der Waals surface area contributed by atoms with Gasteiger partial charge in [-0.1, -0.05) is 24.3 Å². The molecular formula is C22H24N4O3S. The highest BCUT2D eigenvalue weighted by atomic mass is 32.2. The average molecular weight is 425 g/mol. The Balaban J connectivity index is 1.30. The fourth-order valence-corrected chi connectivity index (χ4v) is 5.01. The molecule has 1 fully saturated rings. The first-order chi connectivity index (χ1) is 14.5. The summed E-state index contributed by atoms with van der Waals surface area (Å²) in [7, 11) is -3.41. The lowest BCUT2D eigenvalue weighted by atomic mass is 10.1. The summed E-state index contributed by atoms with van der Waals surface area (Å²) in [5.41, 5.74) is 2.71. The second-order valence-electron chi connectivity index (χ2n) is 7.33. The molecule has 2 aromatic carbocycles. The van der Waals surface area contributed by atoms with E-state index in [2.05, 4.69) is 10.4 Å². The summed E-state index contributed by atoms with van der Waals surface area (Å²) >= 11 is 0. The van der Waals surface area contributed by atoms with Crippen LogP contribution >= 0.6 is 0 Å². The molecule has 3 aromatic rings. The molecule has 0 radical (unpaired) electrons. The molecule has 0 unspecified atom stereocenters. The summed E-state index contributed by atoms with van der Waals surface area (Å²) in [6, 6.07) is 16.3. The Morgan fingerprint density at radius 1 is 0.967 bits per heavy atom. The maximum absolute atomic E-state index is 12.6. The highest BCUT2D eigenvalue weighted by molar-refractivity contribution is 7.89. The fraction of sp³-hybridized carbons (Fsp3) is 0.273.